The van der Waals surface area contributed by atoms with E-state index in [1.807, 2.05) is 24.3 Å². The third-order valence-corrected chi connectivity index (χ3v) is 8.70. The van der Waals surface area contributed by atoms with Crippen molar-refractivity contribution in [2.24, 2.45) is 0 Å². The van der Waals surface area contributed by atoms with Gasteiger partial charge in [-0.1, -0.05) is 78.1 Å². The van der Waals surface area contributed by atoms with Gasteiger partial charge in [-0.2, -0.15) is 0 Å². The number of aldehydes is 2. The Hall–Kier alpha value is -2.44. The zero-order valence-corrected chi connectivity index (χ0v) is 24.6. The fourth-order valence-electron chi connectivity index (χ4n) is 4.43. The van der Waals surface area contributed by atoms with Crippen LogP contribution in [0.5, 0.6) is 11.5 Å². The monoisotopic (exact) mass is 554 g/mol. The van der Waals surface area contributed by atoms with E-state index in [1.165, 1.54) is 74.0 Å². The lowest BCUT2D eigenvalue weighted by atomic mass is 10.1. The van der Waals surface area contributed by atoms with Crippen LogP contribution in [0.3, 0.4) is 0 Å². The minimum Gasteiger partial charge on any atom is -0.493 e. The fourth-order valence-corrected chi connectivity index (χ4v) is 6.12. The summed E-state index contributed by atoms with van der Waals surface area (Å²) in [6.07, 6.45) is 16.2. The van der Waals surface area contributed by atoms with Crippen molar-refractivity contribution >= 4 is 35.2 Å². The summed E-state index contributed by atoms with van der Waals surface area (Å²) in [5.74, 6) is 1.58. The molecule has 2 heterocycles. The van der Waals surface area contributed by atoms with E-state index in [1.54, 1.807) is 0 Å². The van der Waals surface area contributed by atoms with Crippen LogP contribution in [0.15, 0.2) is 36.4 Å². The van der Waals surface area contributed by atoms with E-state index in [9.17, 15) is 9.59 Å². The van der Waals surface area contributed by atoms with E-state index in [-0.39, 0.29) is 0 Å². The normalized spacial score (nSPS) is 11.0. The predicted octanol–water partition coefficient (Wildman–Crippen LogP) is 10.2. The zero-order chi connectivity index (χ0) is 27.0. The summed E-state index contributed by atoms with van der Waals surface area (Å²) in [6, 6.07) is 11.8. The van der Waals surface area contributed by atoms with E-state index in [2.05, 4.69) is 26.0 Å². The molecule has 206 valence electrons. The van der Waals surface area contributed by atoms with Crippen molar-refractivity contribution in [2.75, 3.05) is 13.2 Å². The largest absolute Gasteiger partial charge is 0.493 e. The minimum absolute atomic E-state index is 0.645. The Balaban J connectivity index is 1.84. The van der Waals surface area contributed by atoms with Crippen molar-refractivity contribution in [3.63, 3.8) is 0 Å². The smallest absolute Gasteiger partial charge is 0.160 e. The molecule has 3 aromatic rings. The van der Waals surface area contributed by atoms with Gasteiger partial charge in [0.2, 0.25) is 0 Å². The molecule has 0 bridgehead atoms. The van der Waals surface area contributed by atoms with Gasteiger partial charge in [-0.3, -0.25) is 9.59 Å². The molecule has 0 aliphatic heterocycles. The Morgan fingerprint density at radius 2 is 0.974 bits per heavy atom. The average Bonchev–Trinajstić information content (AvgIpc) is 3.62. The fraction of sp³-hybridized carbons (Fsp3) is 0.500. The molecule has 1 aromatic carbocycles. The third kappa shape index (κ3) is 9.39. The van der Waals surface area contributed by atoms with Crippen LogP contribution in [-0.4, -0.2) is 25.8 Å². The highest BCUT2D eigenvalue weighted by Crippen LogP contribution is 2.44. The first-order chi connectivity index (χ1) is 18.7. The molecular weight excluding hydrogens is 512 g/mol. The molecule has 38 heavy (non-hydrogen) atoms. The number of unbranched alkanes of at least 4 members (excludes halogenated alkanes) is 10. The molecule has 0 amide bonds. The van der Waals surface area contributed by atoms with Crippen molar-refractivity contribution in [3.05, 3.63) is 46.2 Å². The topological polar surface area (TPSA) is 52.6 Å². The Bertz CT molecular complexity index is 1030. The van der Waals surface area contributed by atoms with Crippen LogP contribution in [0.25, 0.3) is 20.9 Å². The SMILES string of the molecule is CCCCCCCCOc1cc(-c2ccc(C=O)s2)c(OCCCCCCCC)cc1-c1ccc(C=O)s1. The molecule has 0 unspecified atom stereocenters. The number of carbonyl (C=O) groups is 2. The maximum Gasteiger partial charge on any atom is 0.160 e. The van der Waals surface area contributed by atoms with E-state index in [0.717, 1.165) is 70.6 Å². The number of hydrogen-bond donors (Lipinski definition) is 0. The first-order valence-electron chi connectivity index (χ1n) is 14.2. The highest BCUT2D eigenvalue weighted by atomic mass is 32.1. The van der Waals surface area contributed by atoms with Gasteiger partial charge < -0.3 is 9.47 Å². The van der Waals surface area contributed by atoms with Crippen molar-refractivity contribution < 1.29 is 19.1 Å². The van der Waals surface area contributed by atoms with Crippen molar-refractivity contribution in [2.45, 2.75) is 90.9 Å². The second-order valence-corrected chi connectivity index (χ2v) is 11.9. The highest BCUT2D eigenvalue weighted by Gasteiger charge is 2.18. The molecule has 6 heteroatoms. The predicted molar refractivity (Wildman–Crippen MR) is 162 cm³/mol. The van der Waals surface area contributed by atoms with Gasteiger partial charge in [0, 0.05) is 20.9 Å². The maximum absolute atomic E-state index is 11.4. The lowest BCUT2D eigenvalue weighted by Crippen LogP contribution is -2.02. The molecule has 2 aromatic heterocycles. The van der Waals surface area contributed by atoms with Gasteiger partial charge in [0.1, 0.15) is 11.5 Å². The van der Waals surface area contributed by atoms with Crippen LogP contribution in [0.1, 0.15) is 110 Å². The number of ether oxygens (including phenoxy) is 2. The summed E-state index contributed by atoms with van der Waals surface area (Å²) < 4.78 is 12.7. The summed E-state index contributed by atoms with van der Waals surface area (Å²) in [7, 11) is 0. The molecule has 0 N–H and O–H groups in total. The standard InChI is InChI=1S/C32H42O4S2/c1-3-5-7-9-11-13-19-35-29-21-28(32-18-16-26(24-34)38-32)30(36-20-14-12-10-8-6-4-2)22-27(29)31-17-15-25(23-33)37-31/h15-18,21-24H,3-14,19-20H2,1-2H3. The summed E-state index contributed by atoms with van der Waals surface area (Å²) in [5, 5.41) is 0. The lowest BCUT2D eigenvalue weighted by molar-refractivity contribution is 0.111. The van der Waals surface area contributed by atoms with Crippen molar-refractivity contribution in [1.29, 1.82) is 0 Å². The molecule has 0 radical (unpaired) electrons. The van der Waals surface area contributed by atoms with E-state index < -0.39 is 0 Å². The Morgan fingerprint density at radius 1 is 0.579 bits per heavy atom. The highest BCUT2D eigenvalue weighted by molar-refractivity contribution is 7.17. The maximum atomic E-state index is 11.4. The zero-order valence-electron chi connectivity index (χ0n) is 23.0. The quantitative estimate of drug-likeness (QED) is 0.103. The van der Waals surface area contributed by atoms with Crippen molar-refractivity contribution in [1.82, 2.24) is 0 Å². The molecule has 0 fully saturated rings. The molecule has 0 spiro atoms. The number of benzene rings is 1. The Labute approximate surface area is 236 Å². The van der Waals surface area contributed by atoms with E-state index in [0.29, 0.717) is 23.0 Å². The summed E-state index contributed by atoms with van der Waals surface area (Å²) in [5.41, 5.74) is 1.89. The van der Waals surface area contributed by atoms with Crippen LogP contribution < -0.4 is 9.47 Å². The van der Waals surface area contributed by atoms with Crippen LogP contribution in [0.2, 0.25) is 0 Å². The second-order valence-electron chi connectivity index (χ2n) is 9.72. The van der Waals surface area contributed by atoms with Gasteiger partial charge in [0.25, 0.3) is 0 Å². The number of thiophene rings is 2. The number of hydrogen-bond acceptors (Lipinski definition) is 6. The molecule has 3 rings (SSSR count). The third-order valence-electron chi connectivity index (χ3n) is 6.61. The van der Waals surface area contributed by atoms with Crippen LogP contribution in [-0.2, 0) is 0 Å². The van der Waals surface area contributed by atoms with Crippen LogP contribution >= 0.6 is 22.7 Å². The van der Waals surface area contributed by atoms with E-state index in [4.69, 9.17) is 9.47 Å². The first-order valence-corrected chi connectivity index (χ1v) is 15.9. The Morgan fingerprint density at radius 3 is 1.34 bits per heavy atom. The number of rotatable bonds is 20. The van der Waals surface area contributed by atoms with Gasteiger partial charge in [-0.15, -0.1) is 22.7 Å². The second kappa shape index (κ2) is 17.2. The molecule has 0 saturated heterocycles. The summed E-state index contributed by atoms with van der Waals surface area (Å²) in [4.78, 5) is 26.1. The molecule has 4 nitrogen and oxygen atoms in total. The number of carbonyl (C=O) groups excluding carboxylic acids is 2. The van der Waals surface area contributed by atoms with Gasteiger partial charge in [0.15, 0.2) is 12.6 Å². The Kier molecular flexibility index (Phi) is 13.6. The molecule has 0 saturated carbocycles. The first kappa shape index (κ1) is 30.1. The molecule has 0 aliphatic carbocycles. The van der Waals surface area contributed by atoms with Gasteiger partial charge in [-0.25, -0.2) is 0 Å². The average molecular weight is 555 g/mol. The van der Waals surface area contributed by atoms with Crippen molar-refractivity contribution in [3.8, 4) is 32.4 Å². The summed E-state index contributed by atoms with van der Waals surface area (Å²) in [6.45, 7) is 5.75. The minimum atomic E-state index is 0.645. The van der Waals surface area contributed by atoms with Gasteiger partial charge in [0.05, 0.1) is 23.0 Å². The van der Waals surface area contributed by atoms with Crippen LogP contribution in [0, 0.1) is 0 Å². The molecule has 0 atom stereocenters. The van der Waals surface area contributed by atoms with Crippen LogP contribution in [0.4, 0.5) is 0 Å². The van der Waals surface area contributed by atoms with Gasteiger partial charge >= 0.3 is 0 Å². The lowest BCUT2D eigenvalue weighted by Gasteiger charge is -2.17. The summed E-state index contributed by atoms with van der Waals surface area (Å²) >= 11 is 2.93. The van der Waals surface area contributed by atoms with Gasteiger partial charge in [-0.05, 0) is 49.2 Å². The molecule has 0 aliphatic rings. The molecular formula is C32H42O4S2. The van der Waals surface area contributed by atoms with E-state index >= 15 is 0 Å².